The van der Waals surface area contributed by atoms with Gasteiger partial charge < -0.3 is 9.88 Å². The third-order valence-electron chi connectivity index (χ3n) is 4.97. The van der Waals surface area contributed by atoms with Crippen molar-refractivity contribution in [1.82, 2.24) is 24.5 Å². The summed E-state index contributed by atoms with van der Waals surface area (Å²) in [6.45, 7) is 5.76. The van der Waals surface area contributed by atoms with Gasteiger partial charge in [-0.1, -0.05) is 17.8 Å². The molecular formula is C19H24N6OS2. The summed E-state index contributed by atoms with van der Waals surface area (Å²) in [7, 11) is 1.88. The second kappa shape index (κ2) is 7.71. The molecule has 1 amide bonds. The number of hydrogen-bond donors (Lipinski definition) is 1. The number of anilines is 1. The molecule has 4 rings (SSSR count). The molecule has 0 saturated heterocycles. The molecule has 7 nitrogen and oxygen atoms in total. The Balaban J connectivity index is 1.49. The summed E-state index contributed by atoms with van der Waals surface area (Å²) in [5.41, 5.74) is 2.56. The maximum atomic E-state index is 12.8. The Bertz CT molecular complexity index is 987. The molecule has 1 fully saturated rings. The highest BCUT2D eigenvalue weighted by molar-refractivity contribution is 8.00. The van der Waals surface area contributed by atoms with E-state index < -0.39 is 0 Å². The van der Waals surface area contributed by atoms with E-state index in [9.17, 15) is 4.79 Å². The number of carbonyl (C=O) groups is 1. The fourth-order valence-corrected chi connectivity index (χ4v) is 4.81. The number of aromatic nitrogens is 5. The van der Waals surface area contributed by atoms with Gasteiger partial charge in [-0.15, -0.1) is 21.5 Å². The summed E-state index contributed by atoms with van der Waals surface area (Å²) >= 11 is 3.20. The van der Waals surface area contributed by atoms with Crippen LogP contribution in [0.4, 0.5) is 5.69 Å². The van der Waals surface area contributed by atoms with Crippen LogP contribution >= 0.6 is 23.1 Å². The van der Waals surface area contributed by atoms with Crippen LogP contribution in [0.5, 0.6) is 0 Å². The van der Waals surface area contributed by atoms with Crippen molar-refractivity contribution in [2.75, 3.05) is 5.32 Å². The summed E-state index contributed by atoms with van der Waals surface area (Å²) in [4.78, 5) is 14.0. The minimum absolute atomic E-state index is 0.0469. The van der Waals surface area contributed by atoms with Gasteiger partial charge in [-0.25, -0.2) is 0 Å². The van der Waals surface area contributed by atoms with Gasteiger partial charge in [-0.2, -0.15) is 5.10 Å². The van der Waals surface area contributed by atoms with Crippen molar-refractivity contribution in [2.24, 2.45) is 7.05 Å². The average molecular weight is 417 g/mol. The van der Waals surface area contributed by atoms with Gasteiger partial charge in [0.25, 0.3) is 0 Å². The van der Waals surface area contributed by atoms with Crippen LogP contribution in [0.1, 0.15) is 47.9 Å². The van der Waals surface area contributed by atoms with Crippen molar-refractivity contribution in [3.8, 4) is 0 Å². The third kappa shape index (κ3) is 3.86. The summed E-state index contributed by atoms with van der Waals surface area (Å²) < 4.78 is 4.01. The van der Waals surface area contributed by atoms with Crippen molar-refractivity contribution in [3.05, 3.63) is 39.6 Å². The quantitative estimate of drug-likeness (QED) is 0.594. The molecule has 1 saturated carbocycles. The number of carbonyl (C=O) groups excluding carboxylic acids is 1. The second-order valence-electron chi connectivity index (χ2n) is 7.17. The molecule has 1 atom stereocenters. The zero-order chi connectivity index (χ0) is 19.8. The molecule has 0 spiro atoms. The lowest BCUT2D eigenvalue weighted by molar-refractivity contribution is -0.115. The highest BCUT2D eigenvalue weighted by Crippen LogP contribution is 2.40. The second-order valence-corrected chi connectivity index (χ2v) is 9.52. The molecule has 1 aliphatic rings. The standard InChI is InChI=1S/C19H24N6OS2/c1-11-17(12(2)24(4)23-11)20-18(26)13(3)28-19-22-21-16(25(19)14-7-8-14)10-15-6-5-9-27-15/h5-6,9,13-14H,7-8,10H2,1-4H3,(H,20,26)/t13-/m0/s1. The lowest BCUT2D eigenvalue weighted by Gasteiger charge is -2.13. The monoisotopic (exact) mass is 416 g/mol. The fourth-order valence-electron chi connectivity index (χ4n) is 3.17. The summed E-state index contributed by atoms with van der Waals surface area (Å²) in [5.74, 6) is 0.938. The van der Waals surface area contributed by atoms with E-state index in [0.29, 0.717) is 6.04 Å². The smallest absolute Gasteiger partial charge is 0.237 e. The van der Waals surface area contributed by atoms with E-state index in [1.165, 1.54) is 16.6 Å². The van der Waals surface area contributed by atoms with Crippen LogP contribution in [-0.4, -0.2) is 35.7 Å². The molecule has 9 heteroatoms. The van der Waals surface area contributed by atoms with Gasteiger partial charge in [0.1, 0.15) is 5.82 Å². The molecule has 0 aromatic carbocycles. The normalized spacial score (nSPS) is 15.0. The van der Waals surface area contributed by atoms with Crippen LogP contribution in [0.2, 0.25) is 0 Å². The van der Waals surface area contributed by atoms with E-state index in [1.807, 2.05) is 27.8 Å². The van der Waals surface area contributed by atoms with Crippen LogP contribution in [0, 0.1) is 13.8 Å². The van der Waals surface area contributed by atoms with E-state index in [0.717, 1.165) is 47.3 Å². The van der Waals surface area contributed by atoms with E-state index >= 15 is 0 Å². The molecular weight excluding hydrogens is 392 g/mol. The summed E-state index contributed by atoms with van der Waals surface area (Å²) in [5, 5.41) is 18.9. The zero-order valence-electron chi connectivity index (χ0n) is 16.5. The Hall–Kier alpha value is -2.13. The molecule has 0 radical (unpaired) electrons. The van der Waals surface area contributed by atoms with Crippen molar-refractivity contribution in [1.29, 1.82) is 0 Å². The van der Waals surface area contributed by atoms with E-state index in [-0.39, 0.29) is 11.2 Å². The predicted molar refractivity (Wildman–Crippen MR) is 112 cm³/mol. The lowest BCUT2D eigenvalue weighted by atomic mass is 10.3. The average Bonchev–Trinajstić information content (AvgIpc) is 3.13. The molecule has 3 aromatic rings. The van der Waals surface area contributed by atoms with Crippen molar-refractivity contribution >= 4 is 34.7 Å². The van der Waals surface area contributed by atoms with Gasteiger partial charge in [0.15, 0.2) is 5.16 Å². The number of thiophene rings is 1. The van der Waals surface area contributed by atoms with Gasteiger partial charge in [-0.05, 0) is 45.1 Å². The molecule has 3 heterocycles. The molecule has 3 aromatic heterocycles. The van der Waals surface area contributed by atoms with Gasteiger partial charge in [0.2, 0.25) is 5.91 Å². The Labute approximate surface area is 172 Å². The van der Waals surface area contributed by atoms with E-state index in [1.54, 1.807) is 16.0 Å². The number of rotatable bonds is 7. The van der Waals surface area contributed by atoms with E-state index in [4.69, 9.17) is 0 Å². The lowest BCUT2D eigenvalue weighted by Crippen LogP contribution is -2.23. The SMILES string of the molecule is Cc1nn(C)c(C)c1NC(=O)[C@H](C)Sc1nnc(Cc2cccs2)n1C1CC1. The summed E-state index contributed by atoms with van der Waals surface area (Å²) in [6.07, 6.45) is 3.09. The molecule has 0 aliphatic heterocycles. The fraction of sp³-hybridized carbons (Fsp3) is 0.474. The Morgan fingerprint density at radius 3 is 2.79 bits per heavy atom. The van der Waals surface area contributed by atoms with Crippen LogP contribution in [0.3, 0.4) is 0 Å². The Morgan fingerprint density at radius 1 is 1.39 bits per heavy atom. The molecule has 148 valence electrons. The first-order valence-corrected chi connectivity index (χ1v) is 11.1. The number of hydrogen-bond acceptors (Lipinski definition) is 6. The van der Waals surface area contributed by atoms with Gasteiger partial charge >= 0.3 is 0 Å². The van der Waals surface area contributed by atoms with E-state index in [2.05, 4.69) is 42.7 Å². The van der Waals surface area contributed by atoms with Gasteiger partial charge in [0.05, 0.1) is 22.3 Å². The predicted octanol–water partition coefficient (Wildman–Crippen LogP) is 3.73. The van der Waals surface area contributed by atoms with Gasteiger partial charge in [-0.3, -0.25) is 9.48 Å². The first-order valence-electron chi connectivity index (χ1n) is 9.38. The highest BCUT2D eigenvalue weighted by atomic mass is 32.2. The zero-order valence-corrected chi connectivity index (χ0v) is 18.1. The Kier molecular flexibility index (Phi) is 5.29. The van der Waals surface area contributed by atoms with Crippen LogP contribution < -0.4 is 5.32 Å². The van der Waals surface area contributed by atoms with Crippen LogP contribution in [0.15, 0.2) is 22.7 Å². The molecule has 0 unspecified atom stereocenters. The topological polar surface area (TPSA) is 77.6 Å². The van der Waals surface area contributed by atoms with Crippen molar-refractivity contribution in [3.63, 3.8) is 0 Å². The number of amides is 1. The molecule has 1 aliphatic carbocycles. The van der Waals surface area contributed by atoms with Crippen molar-refractivity contribution < 1.29 is 4.79 Å². The first-order chi connectivity index (χ1) is 13.4. The maximum absolute atomic E-state index is 12.8. The highest BCUT2D eigenvalue weighted by Gasteiger charge is 2.31. The third-order valence-corrected chi connectivity index (χ3v) is 6.90. The van der Waals surface area contributed by atoms with Gasteiger partial charge in [0, 0.05) is 24.4 Å². The van der Waals surface area contributed by atoms with Crippen LogP contribution in [-0.2, 0) is 18.3 Å². The number of nitrogens with one attached hydrogen (secondary N) is 1. The maximum Gasteiger partial charge on any atom is 0.237 e. The molecule has 1 N–H and O–H groups in total. The number of nitrogens with zero attached hydrogens (tertiary/aromatic N) is 5. The minimum atomic E-state index is -0.282. The minimum Gasteiger partial charge on any atom is -0.322 e. The van der Waals surface area contributed by atoms with Crippen LogP contribution in [0.25, 0.3) is 0 Å². The first kappa shape index (κ1) is 19.2. The number of aryl methyl sites for hydroxylation is 2. The number of thioether (sulfide) groups is 1. The summed E-state index contributed by atoms with van der Waals surface area (Å²) in [6, 6.07) is 4.64. The van der Waals surface area contributed by atoms with Crippen molar-refractivity contribution in [2.45, 2.75) is 56.5 Å². The Morgan fingerprint density at radius 2 is 2.18 bits per heavy atom. The molecule has 0 bridgehead atoms. The molecule has 28 heavy (non-hydrogen) atoms. The largest absolute Gasteiger partial charge is 0.322 e.